The molecule has 0 aromatic heterocycles. The first-order chi connectivity index (χ1) is 9.64. The van der Waals surface area contributed by atoms with E-state index in [0.29, 0.717) is 5.56 Å². The Morgan fingerprint density at radius 1 is 1.15 bits per heavy atom. The van der Waals surface area contributed by atoms with Crippen molar-refractivity contribution in [1.29, 1.82) is 0 Å². The second-order valence-corrected chi connectivity index (χ2v) is 5.37. The van der Waals surface area contributed by atoms with E-state index >= 15 is 0 Å². The molecule has 0 spiro atoms. The van der Waals surface area contributed by atoms with Gasteiger partial charge in [-0.1, -0.05) is 44.9 Å². The van der Waals surface area contributed by atoms with Gasteiger partial charge in [-0.05, 0) is 18.9 Å². The third kappa shape index (κ3) is 2.58. The molecule has 2 rings (SSSR count). The molecule has 1 aliphatic heterocycles. The van der Waals surface area contributed by atoms with Crippen molar-refractivity contribution in [1.82, 2.24) is 4.90 Å². The molecule has 110 valence electrons. The van der Waals surface area contributed by atoms with E-state index in [1.165, 1.54) is 0 Å². The summed E-state index contributed by atoms with van der Waals surface area (Å²) < 4.78 is 0. The lowest BCUT2D eigenvalue weighted by Gasteiger charge is -2.35. The number of carbonyl (C=O) groups excluding carboxylic acids is 1. The molecule has 1 aromatic carbocycles. The third-order valence-electron chi connectivity index (χ3n) is 3.89. The van der Waals surface area contributed by atoms with Crippen LogP contribution in [0.15, 0.2) is 24.3 Å². The molecule has 0 radical (unpaired) electrons. The van der Waals surface area contributed by atoms with Crippen molar-refractivity contribution in [2.75, 3.05) is 18.4 Å². The molecule has 1 aromatic rings. The van der Waals surface area contributed by atoms with Gasteiger partial charge in [0, 0.05) is 24.3 Å². The number of hydrogen-bond acceptors (Lipinski definition) is 3. The fraction of sp³-hybridized carbons (Fsp3) is 0.562. The Hall–Kier alpha value is -1.39. The number of rotatable bonds is 7. The van der Waals surface area contributed by atoms with Gasteiger partial charge in [0.1, 0.15) is 0 Å². The summed E-state index contributed by atoms with van der Waals surface area (Å²) in [6.45, 7) is 5.69. The van der Waals surface area contributed by atoms with E-state index in [1.807, 2.05) is 29.2 Å². The largest absolute Gasteiger partial charge is 0.364 e. The molecule has 1 atom stereocenters. The fourth-order valence-electron chi connectivity index (χ4n) is 2.68. The summed E-state index contributed by atoms with van der Waals surface area (Å²) in [6.07, 6.45) is 4.03. The van der Waals surface area contributed by atoms with E-state index in [9.17, 15) is 9.90 Å². The van der Waals surface area contributed by atoms with Crippen molar-refractivity contribution < 1.29 is 9.90 Å². The molecule has 2 N–H and O–H groups in total. The lowest BCUT2D eigenvalue weighted by molar-refractivity contribution is -0.159. The summed E-state index contributed by atoms with van der Waals surface area (Å²) in [6, 6.07) is 7.40. The number of carbonyl (C=O) groups is 1. The van der Waals surface area contributed by atoms with E-state index in [1.54, 1.807) is 0 Å². The van der Waals surface area contributed by atoms with Crippen LogP contribution >= 0.6 is 0 Å². The minimum Gasteiger partial charge on any atom is -0.364 e. The molecule has 0 saturated heterocycles. The van der Waals surface area contributed by atoms with Crippen LogP contribution in [0.5, 0.6) is 0 Å². The van der Waals surface area contributed by atoms with Gasteiger partial charge in [0.25, 0.3) is 5.91 Å². The van der Waals surface area contributed by atoms with Crippen LogP contribution in [0.3, 0.4) is 0 Å². The number of para-hydroxylation sites is 1. The van der Waals surface area contributed by atoms with E-state index < -0.39 is 5.72 Å². The summed E-state index contributed by atoms with van der Waals surface area (Å²) in [5.74, 6) is -0.328. The highest BCUT2D eigenvalue weighted by atomic mass is 16.3. The van der Waals surface area contributed by atoms with Crippen molar-refractivity contribution in [3.63, 3.8) is 0 Å². The van der Waals surface area contributed by atoms with Gasteiger partial charge < -0.3 is 10.4 Å². The van der Waals surface area contributed by atoms with Gasteiger partial charge >= 0.3 is 0 Å². The molecule has 0 unspecified atom stereocenters. The monoisotopic (exact) mass is 276 g/mol. The lowest BCUT2D eigenvalue weighted by atomic mass is 10.0. The molecule has 4 heteroatoms. The number of unbranched alkanes of at least 4 members (excludes halogenated alkanes) is 2. The number of amides is 1. The van der Waals surface area contributed by atoms with Crippen LogP contribution in [0.1, 0.15) is 45.1 Å². The number of anilines is 1. The summed E-state index contributed by atoms with van der Waals surface area (Å²) in [7, 11) is 0. The Morgan fingerprint density at radius 2 is 1.75 bits per heavy atom. The van der Waals surface area contributed by atoms with Gasteiger partial charge in [-0.25, -0.2) is 0 Å². The molecule has 4 nitrogen and oxygen atoms in total. The molecule has 0 aliphatic carbocycles. The molecule has 1 heterocycles. The van der Waals surface area contributed by atoms with Crippen LogP contribution in [0.4, 0.5) is 5.69 Å². The standard InChI is InChI=1S/C16H24N2O2/c1-3-5-11-18(12-6-4-2)16(20)13-9-7-8-10-14(13)17-15(16)19/h7-10,20H,3-6,11-12H2,1-2H3,(H,17,19)/t16-/m0/s1. The summed E-state index contributed by atoms with van der Waals surface area (Å²) >= 11 is 0. The molecule has 0 saturated carbocycles. The summed E-state index contributed by atoms with van der Waals surface area (Å²) in [5, 5.41) is 13.8. The SMILES string of the molecule is CCCCN(CCCC)[C@@]1(O)C(=O)Nc2ccccc21. The van der Waals surface area contributed by atoms with Gasteiger partial charge in [-0.3, -0.25) is 9.69 Å². The van der Waals surface area contributed by atoms with Crippen LogP contribution in [0.25, 0.3) is 0 Å². The normalized spacial score (nSPS) is 21.1. The van der Waals surface area contributed by atoms with E-state index in [2.05, 4.69) is 19.2 Å². The molecule has 1 aliphatic rings. The Balaban J connectivity index is 2.31. The second kappa shape index (κ2) is 6.37. The zero-order valence-electron chi connectivity index (χ0n) is 12.4. The van der Waals surface area contributed by atoms with Crippen molar-refractivity contribution in [3.8, 4) is 0 Å². The van der Waals surface area contributed by atoms with E-state index in [0.717, 1.165) is 44.5 Å². The van der Waals surface area contributed by atoms with Gasteiger partial charge in [0.15, 0.2) is 0 Å². The summed E-state index contributed by atoms with van der Waals surface area (Å²) in [4.78, 5) is 14.2. The molecule has 0 bridgehead atoms. The number of fused-ring (bicyclic) bond motifs is 1. The molecular formula is C16H24N2O2. The number of nitrogens with one attached hydrogen (secondary N) is 1. The first kappa shape index (κ1) is 15.0. The van der Waals surface area contributed by atoms with Crippen LogP contribution in [-0.4, -0.2) is 29.0 Å². The maximum absolute atomic E-state index is 12.3. The van der Waals surface area contributed by atoms with Crippen molar-refractivity contribution in [2.24, 2.45) is 0 Å². The average Bonchev–Trinajstić information content (AvgIpc) is 2.72. The van der Waals surface area contributed by atoms with Crippen molar-refractivity contribution >= 4 is 11.6 Å². The predicted molar refractivity (Wildman–Crippen MR) is 80.4 cm³/mol. The smallest absolute Gasteiger partial charge is 0.276 e. The van der Waals surface area contributed by atoms with Gasteiger partial charge in [-0.2, -0.15) is 0 Å². The summed E-state index contributed by atoms with van der Waals surface area (Å²) in [5.41, 5.74) is -0.115. The number of aliphatic hydroxyl groups is 1. The van der Waals surface area contributed by atoms with Gasteiger partial charge in [-0.15, -0.1) is 0 Å². The van der Waals surface area contributed by atoms with Gasteiger partial charge in [0.2, 0.25) is 5.72 Å². The minimum atomic E-state index is -1.51. The molecule has 0 fully saturated rings. The highest BCUT2D eigenvalue weighted by molar-refractivity contribution is 6.04. The minimum absolute atomic E-state index is 0.328. The highest BCUT2D eigenvalue weighted by Crippen LogP contribution is 2.38. The van der Waals surface area contributed by atoms with Crippen molar-refractivity contribution in [2.45, 2.75) is 45.3 Å². The fourth-order valence-corrected chi connectivity index (χ4v) is 2.68. The lowest BCUT2D eigenvalue weighted by Crippen LogP contribution is -2.51. The van der Waals surface area contributed by atoms with Gasteiger partial charge in [0.05, 0.1) is 0 Å². The average molecular weight is 276 g/mol. The van der Waals surface area contributed by atoms with Crippen molar-refractivity contribution in [3.05, 3.63) is 29.8 Å². The van der Waals surface area contributed by atoms with Crippen LogP contribution in [-0.2, 0) is 10.5 Å². The molecule has 20 heavy (non-hydrogen) atoms. The zero-order valence-corrected chi connectivity index (χ0v) is 12.4. The van der Waals surface area contributed by atoms with Crippen LogP contribution < -0.4 is 5.32 Å². The molecule has 1 amide bonds. The Kier molecular flexibility index (Phi) is 4.78. The van der Waals surface area contributed by atoms with E-state index in [4.69, 9.17) is 0 Å². The van der Waals surface area contributed by atoms with E-state index in [-0.39, 0.29) is 5.91 Å². The Labute approximate surface area is 120 Å². The highest BCUT2D eigenvalue weighted by Gasteiger charge is 2.49. The maximum Gasteiger partial charge on any atom is 0.276 e. The number of hydrogen-bond donors (Lipinski definition) is 2. The quantitative estimate of drug-likeness (QED) is 0.753. The third-order valence-corrected chi connectivity index (χ3v) is 3.89. The first-order valence-electron chi connectivity index (χ1n) is 7.53. The number of nitrogens with zero attached hydrogens (tertiary/aromatic N) is 1. The topological polar surface area (TPSA) is 52.6 Å². The first-order valence-corrected chi connectivity index (χ1v) is 7.53. The van der Waals surface area contributed by atoms with Crippen LogP contribution in [0, 0.1) is 0 Å². The maximum atomic E-state index is 12.3. The second-order valence-electron chi connectivity index (χ2n) is 5.37. The number of benzene rings is 1. The Morgan fingerprint density at radius 3 is 2.35 bits per heavy atom. The zero-order chi connectivity index (χ0) is 14.6. The Bertz CT molecular complexity index is 467. The molecular weight excluding hydrogens is 252 g/mol. The van der Waals surface area contributed by atoms with Crippen LogP contribution in [0.2, 0.25) is 0 Å². The predicted octanol–water partition coefficient (Wildman–Crippen LogP) is 2.69.